The van der Waals surface area contributed by atoms with Crippen molar-refractivity contribution in [3.05, 3.63) is 28.8 Å². The molecule has 0 aliphatic rings. The molecule has 0 aliphatic carbocycles. The van der Waals surface area contributed by atoms with E-state index < -0.39 is 0 Å². The molecule has 0 spiro atoms. The first-order chi connectivity index (χ1) is 8.63. The van der Waals surface area contributed by atoms with Crippen molar-refractivity contribution in [2.45, 2.75) is 46.1 Å². The molecule has 2 nitrogen and oxygen atoms in total. The van der Waals surface area contributed by atoms with Crippen LogP contribution in [0.25, 0.3) is 0 Å². The maximum atomic E-state index is 6.06. The van der Waals surface area contributed by atoms with E-state index in [0.717, 1.165) is 31.7 Å². The highest BCUT2D eigenvalue weighted by Gasteiger charge is 2.01. The minimum Gasteiger partial charge on any atom is -0.492 e. The van der Waals surface area contributed by atoms with E-state index in [0.29, 0.717) is 11.1 Å². The normalized spacial score (nSPS) is 12.4. The lowest BCUT2D eigenvalue weighted by Crippen LogP contribution is -2.26. The fourth-order valence-corrected chi connectivity index (χ4v) is 1.80. The van der Waals surface area contributed by atoms with Crippen LogP contribution in [-0.2, 0) is 0 Å². The molecule has 0 aliphatic heterocycles. The van der Waals surface area contributed by atoms with Crippen molar-refractivity contribution in [2.75, 3.05) is 13.2 Å². The van der Waals surface area contributed by atoms with Gasteiger partial charge in [0, 0.05) is 6.04 Å². The third-order valence-corrected chi connectivity index (χ3v) is 3.33. The number of nitrogens with one attached hydrogen (secondary N) is 1. The van der Waals surface area contributed by atoms with Crippen LogP contribution in [0.4, 0.5) is 0 Å². The van der Waals surface area contributed by atoms with Crippen LogP contribution >= 0.6 is 11.6 Å². The third kappa shape index (κ3) is 5.74. The molecule has 0 heterocycles. The summed E-state index contributed by atoms with van der Waals surface area (Å²) in [5.74, 6) is 0.798. The number of benzene rings is 1. The Kier molecular flexibility index (Phi) is 7.14. The topological polar surface area (TPSA) is 21.3 Å². The number of hydrogen-bond donors (Lipinski definition) is 1. The van der Waals surface area contributed by atoms with Gasteiger partial charge in [-0.2, -0.15) is 0 Å². The summed E-state index contributed by atoms with van der Waals surface area (Å²) in [5, 5.41) is 4.16. The average Bonchev–Trinajstić information content (AvgIpc) is 2.37. The van der Waals surface area contributed by atoms with Gasteiger partial charge in [-0.05, 0) is 57.4 Å². The quantitative estimate of drug-likeness (QED) is 0.715. The highest BCUT2D eigenvalue weighted by atomic mass is 35.5. The lowest BCUT2D eigenvalue weighted by atomic mass is 10.2. The molecule has 1 aromatic rings. The molecule has 1 N–H and O–H groups in total. The molecule has 0 bridgehead atoms. The van der Waals surface area contributed by atoms with E-state index in [4.69, 9.17) is 16.3 Å². The number of aryl methyl sites for hydroxylation is 1. The molecule has 1 aromatic carbocycles. The van der Waals surface area contributed by atoms with E-state index in [2.05, 4.69) is 19.2 Å². The van der Waals surface area contributed by atoms with Crippen LogP contribution in [-0.4, -0.2) is 19.2 Å². The first-order valence-corrected chi connectivity index (χ1v) is 7.13. The molecule has 0 fully saturated rings. The second-order valence-electron chi connectivity index (χ2n) is 4.75. The highest BCUT2D eigenvalue weighted by molar-refractivity contribution is 6.32. The maximum absolute atomic E-state index is 6.06. The Bertz CT molecular complexity index is 354. The van der Waals surface area contributed by atoms with E-state index in [1.807, 2.05) is 25.1 Å². The predicted molar refractivity (Wildman–Crippen MR) is 78.7 cm³/mol. The Morgan fingerprint density at radius 3 is 2.83 bits per heavy atom. The van der Waals surface area contributed by atoms with E-state index >= 15 is 0 Å². The summed E-state index contributed by atoms with van der Waals surface area (Å²) in [5.41, 5.74) is 1.17. The second-order valence-corrected chi connectivity index (χ2v) is 5.16. The van der Waals surface area contributed by atoms with Crippen molar-refractivity contribution in [3.63, 3.8) is 0 Å². The number of ether oxygens (including phenoxy) is 1. The van der Waals surface area contributed by atoms with Gasteiger partial charge in [0.05, 0.1) is 11.6 Å². The Morgan fingerprint density at radius 1 is 1.33 bits per heavy atom. The molecule has 3 heteroatoms. The summed E-state index contributed by atoms with van der Waals surface area (Å²) in [4.78, 5) is 0. The Labute approximate surface area is 116 Å². The molecule has 1 unspecified atom stereocenters. The molecule has 102 valence electrons. The van der Waals surface area contributed by atoms with Gasteiger partial charge in [0.25, 0.3) is 0 Å². The van der Waals surface area contributed by atoms with E-state index in [-0.39, 0.29) is 0 Å². The molecule has 0 saturated heterocycles. The van der Waals surface area contributed by atoms with Crippen molar-refractivity contribution in [1.82, 2.24) is 5.32 Å². The Hall–Kier alpha value is -0.730. The van der Waals surface area contributed by atoms with E-state index in [1.165, 1.54) is 12.0 Å². The molecule has 18 heavy (non-hydrogen) atoms. The zero-order chi connectivity index (χ0) is 13.4. The summed E-state index contributed by atoms with van der Waals surface area (Å²) in [6.45, 7) is 8.23. The summed E-state index contributed by atoms with van der Waals surface area (Å²) < 4.78 is 5.69. The second kappa shape index (κ2) is 8.39. The molecular weight excluding hydrogens is 246 g/mol. The number of rotatable bonds is 8. The van der Waals surface area contributed by atoms with Gasteiger partial charge in [-0.1, -0.05) is 24.6 Å². The van der Waals surface area contributed by atoms with Gasteiger partial charge in [-0.15, -0.1) is 0 Å². The van der Waals surface area contributed by atoms with Gasteiger partial charge in [0.1, 0.15) is 5.75 Å². The van der Waals surface area contributed by atoms with E-state index in [1.54, 1.807) is 0 Å². The van der Waals surface area contributed by atoms with E-state index in [9.17, 15) is 0 Å². The minimum atomic E-state index is 0.608. The zero-order valence-corrected chi connectivity index (χ0v) is 12.4. The Morgan fingerprint density at radius 2 is 2.11 bits per heavy atom. The standard InChI is InChI=1S/C15H24ClNO/c1-4-13(3)17-9-5-6-10-18-15-11-12(2)7-8-14(15)16/h7-8,11,13,17H,4-6,9-10H2,1-3H3. The number of unbranched alkanes of at least 4 members (excludes halogenated alkanes) is 1. The lowest BCUT2D eigenvalue weighted by molar-refractivity contribution is 0.304. The van der Waals surface area contributed by atoms with Crippen LogP contribution < -0.4 is 10.1 Å². The fraction of sp³-hybridized carbons (Fsp3) is 0.600. The lowest BCUT2D eigenvalue weighted by Gasteiger charge is -2.11. The highest BCUT2D eigenvalue weighted by Crippen LogP contribution is 2.25. The van der Waals surface area contributed by atoms with Gasteiger partial charge < -0.3 is 10.1 Å². The predicted octanol–water partition coefficient (Wildman–Crippen LogP) is 4.20. The average molecular weight is 270 g/mol. The summed E-state index contributed by atoms with van der Waals surface area (Å²) >= 11 is 6.06. The van der Waals surface area contributed by atoms with Crippen molar-refractivity contribution in [2.24, 2.45) is 0 Å². The monoisotopic (exact) mass is 269 g/mol. The first-order valence-electron chi connectivity index (χ1n) is 6.75. The molecular formula is C15H24ClNO. The van der Waals surface area contributed by atoms with Crippen LogP contribution in [0.15, 0.2) is 18.2 Å². The molecule has 0 saturated carbocycles. The van der Waals surface area contributed by atoms with Gasteiger partial charge in [0.15, 0.2) is 0 Å². The van der Waals surface area contributed by atoms with Gasteiger partial charge >= 0.3 is 0 Å². The minimum absolute atomic E-state index is 0.608. The molecule has 1 atom stereocenters. The zero-order valence-electron chi connectivity index (χ0n) is 11.6. The molecule has 0 amide bonds. The van der Waals surface area contributed by atoms with Crippen LogP contribution in [0.5, 0.6) is 5.75 Å². The van der Waals surface area contributed by atoms with Crippen molar-refractivity contribution in [3.8, 4) is 5.75 Å². The fourth-order valence-electron chi connectivity index (χ4n) is 1.62. The summed E-state index contributed by atoms with van der Waals surface area (Å²) in [7, 11) is 0. The summed E-state index contributed by atoms with van der Waals surface area (Å²) in [6.07, 6.45) is 3.36. The van der Waals surface area contributed by atoms with Crippen LogP contribution in [0.3, 0.4) is 0 Å². The maximum Gasteiger partial charge on any atom is 0.138 e. The van der Waals surface area contributed by atoms with Gasteiger partial charge in [-0.25, -0.2) is 0 Å². The Balaban J connectivity index is 2.16. The number of halogens is 1. The van der Waals surface area contributed by atoms with Gasteiger partial charge in [-0.3, -0.25) is 0 Å². The smallest absolute Gasteiger partial charge is 0.138 e. The van der Waals surface area contributed by atoms with Crippen LogP contribution in [0.2, 0.25) is 5.02 Å². The largest absolute Gasteiger partial charge is 0.492 e. The summed E-state index contributed by atoms with van der Waals surface area (Å²) in [6, 6.07) is 6.47. The molecule has 1 rings (SSSR count). The van der Waals surface area contributed by atoms with Gasteiger partial charge in [0.2, 0.25) is 0 Å². The number of hydrogen-bond acceptors (Lipinski definition) is 2. The van der Waals surface area contributed by atoms with Crippen molar-refractivity contribution in [1.29, 1.82) is 0 Å². The molecule has 0 aromatic heterocycles. The first kappa shape index (κ1) is 15.3. The third-order valence-electron chi connectivity index (χ3n) is 3.02. The van der Waals surface area contributed by atoms with Crippen molar-refractivity contribution >= 4 is 11.6 Å². The van der Waals surface area contributed by atoms with Crippen LogP contribution in [0, 0.1) is 6.92 Å². The molecule has 0 radical (unpaired) electrons. The van der Waals surface area contributed by atoms with Crippen LogP contribution in [0.1, 0.15) is 38.7 Å². The van der Waals surface area contributed by atoms with Crippen molar-refractivity contribution < 1.29 is 4.74 Å². The SMILES string of the molecule is CCC(C)NCCCCOc1cc(C)ccc1Cl.